The summed E-state index contributed by atoms with van der Waals surface area (Å²) in [4.78, 5) is 35.4. The van der Waals surface area contributed by atoms with E-state index < -0.39 is 18.0 Å². The van der Waals surface area contributed by atoms with E-state index >= 15 is 0 Å². The monoisotopic (exact) mass is 407 g/mol. The Labute approximate surface area is 173 Å². The van der Waals surface area contributed by atoms with Crippen molar-refractivity contribution < 1.29 is 28.3 Å². The molecule has 0 aliphatic carbocycles. The maximum absolute atomic E-state index is 12.3. The summed E-state index contributed by atoms with van der Waals surface area (Å²) in [6.07, 6.45) is 0.573. The van der Waals surface area contributed by atoms with E-state index in [1.807, 2.05) is 12.1 Å². The highest BCUT2D eigenvalue weighted by molar-refractivity contribution is 5.92. The van der Waals surface area contributed by atoms with Gasteiger partial charge in [0.25, 0.3) is 5.91 Å². The fourth-order valence-corrected chi connectivity index (χ4v) is 2.69. The lowest BCUT2D eigenvalue weighted by atomic mass is 10.0. The van der Waals surface area contributed by atoms with E-state index in [9.17, 15) is 14.4 Å². The lowest BCUT2D eigenvalue weighted by Crippen LogP contribution is -2.35. The van der Waals surface area contributed by atoms with Gasteiger partial charge in [0.05, 0.1) is 18.4 Å². The van der Waals surface area contributed by atoms with Crippen molar-refractivity contribution in [3.05, 3.63) is 78.3 Å². The van der Waals surface area contributed by atoms with Gasteiger partial charge in [0.1, 0.15) is 11.5 Å². The first-order valence-electron chi connectivity index (χ1n) is 9.32. The number of nitrogens with one attached hydrogen (secondary N) is 1. The summed E-state index contributed by atoms with van der Waals surface area (Å²) in [5, 5.41) is 2.65. The lowest BCUT2D eigenvalue weighted by molar-refractivity contribution is -0.132. The Morgan fingerprint density at radius 2 is 1.60 bits per heavy atom. The van der Waals surface area contributed by atoms with Crippen molar-refractivity contribution in [3.63, 3.8) is 0 Å². The third kappa shape index (κ3) is 5.57. The highest BCUT2D eigenvalue weighted by Crippen LogP contribution is 2.23. The summed E-state index contributed by atoms with van der Waals surface area (Å²) >= 11 is 0. The predicted molar refractivity (Wildman–Crippen MR) is 109 cm³/mol. The zero-order chi connectivity index (χ0) is 21.5. The van der Waals surface area contributed by atoms with Crippen LogP contribution >= 0.6 is 0 Å². The Bertz CT molecular complexity index is 1010. The van der Waals surface area contributed by atoms with Gasteiger partial charge in [-0.1, -0.05) is 24.3 Å². The molecule has 0 fully saturated rings. The van der Waals surface area contributed by atoms with Gasteiger partial charge in [0.2, 0.25) is 0 Å². The molecule has 3 rings (SSSR count). The Morgan fingerprint density at radius 1 is 0.967 bits per heavy atom. The number of amides is 1. The van der Waals surface area contributed by atoms with E-state index in [0.717, 1.165) is 11.1 Å². The molecule has 0 aliphatic heterocycles. The molecule has 30 heavy (non-hydrogen) atoms. The minimum Gasteiger partial charge on any atom is -0.467 e. The highest BCUT2D eigenvalue weighted by Gasteiger charge is 2.19. The van der Waals surface area contributed by atoms with Gasteiger partial charge in [-0.15, -0.1) is 0 Å². The van der Waals surface area contributed by atoms with Crippen LogP contribution in [-0.2, 0) is 20.9 Å². The molecule has 7 heteroatoms. The fraction of sp³-hybridized carbons (Fsp3) is 0.174. The van der Waals surface area contributed by atoms with Gasteiger partial charge < -0.3 is 19.2 Å². The van der Waals surface area contributed by atoms with Crippen LogP contribution in [0.15, 0.2) is 71.3 Å². The van der Waals surface area contributed by atoms with Crippen molar-refractivity contribution in [2.45, 2.75) is 26.5 Å². The molecule has 0 bridgehead atoms. The third-order valence-corrected chi connectivity index (χ3v) is 4.24. The second kappa shape index (κ2) is 9.56. The largest absolute Gasteiger partial charge is 0.467 e. The standard InChI is InChI=1S/C23H21NO6/c1-15(22(26)24-14-21-4-3-13-28-21)29-23(27)19-7-5-17(6-8-19)18-9-11-20(12-10-18)30-16(2)25/h3-13,15H,14H2,1-2H3,(H,24,26)/t15-/m0/s1. The first kappa shape index (κ1) is 20.9. The molecule has 7 nitrogen and oxygen atoms in total. The zero-order valence-corrected chi connectivity index (χ0v) is 16.6. The summed E-state index contributed by atoms with van der Waals surface area (Å²) < 4.78 is 15.4. The summed E-state index contributed by atoms with van der Waals surface area (Å²) in [6, 6.07) is 17.3. The third-order valence-electron chi connectivity index (χ3n) is 4.24. The topological polar surface area (TPSA) is 94.8 Å². The molecular formula is C23H21NO6. The number of esters is 2. The molecule has 0 saturated carbocycles. The van der Waals surface area contributed by atoms with Crippen LogP contribution in [0.3, 0.4) is 0 Å². The van der Waals surface area contributed by atoms with Crippen LogP contribution in [0.25, 0.3) is 11.1 Å². The minimum atomic E-state index is -0.944. The quantitative estimate of drug-likeness (QED) is 0.474. The van der Waals surface area contributed by atoms with Crippen LogP contribution in [0, 0.1) is 0 Å². The van der Waals surface area contributed by atoms with Crippen LogP contribution in [0.1, 0.15) is 30.0 Å². The van der Waals surface area contributed by atoms with Gasteiger partial charge in [0, 0.05) is 6.92 Å². The van der Waals surface area contributed by atoms with Crippen molar-refractivity contribution in [3.8, 4) is 16.9 Å². The van der Waals surface area contributed by atoms with Gasteiger partial charge in [-0.05, 0) is 54.4 Å². The number of ether oxygens (including phenoxy) is 2. The number of rotatable bonds is 7. The minimum absolute atomic E-state index is 0.221. The molecule has 0 unspecified atom stereocenters. The van der Waals surface area contributed by atoms with Crippen LogP contribution in [-0.4, -0.2) is 23.9 Å². The maximum Gasteiger partial charge on any atom is 0.338 e. The molecule has 154 valence electrons. The van der Waals surface area contributed by atoms with Gasteiger partial charge in [-0.3, -0.25) is 9.59 Å². The Morgan fingerprint density at radius 3 is 2.17 bits per heavy atom. The summed E-state index contributed by atoms with van der Waals surface area (Å²) in [7, 11) is 0. The average molecular weight is 407 g/mol. The smallest absolute Gasteiger partial charge is 0.338 e. The molecule has 1 atom stereocenters. The van der Waals surface area contributed by atoms with E-state index in [-0.39, 0.29) is 12.5 Å². The fourth-order valence-electron chi connectivity index (χ4n) is 2.69. The molecule has 1 heterocycles. The average Bonchev–Trinajstić information content (AvgIpc) is 3.26. The maximum atomic E-state index is 12.3. The van der Waals surface area contributed by atoms with E-state index in [1.165, 1.54) is 20.1 Å². The summed E-state index contributed by atoms with van der Waals surface area (Å²) in [5.41, 5.74) is 2.11. The molecule has 2 aromatic carbocycles. The van der Waals surface area contributed by atoms with E-state index in [4.69, 9.17) is 13.9 Å². The van der Waals surface area contributed by atoms with Crippen LogP contribution < -0.4 is 10.1 Å². The Hall–Kier alpha value is -3.87. The van der Waals surface area contributed by atoms with Crippen LogP contribution in [0.5, 0.6) is 5.75 Å². The molecule has 3 aromatic rings. The number of benzene rings is 2. The lowest BCUT2D eigenvalue weighted by Gasteiger charge is -2.13. The first-order valence-corrected chi connectivity index (χ1v) is 9.32. The molecule has 0 radical (unpaired) electrons. The summed E-state index contributed by atoms with van der Waals surface area (Å²) in [5.74, 6) is -0.310. The second-order valence-corrected chi connectivity index (χ2v) is 6.54. The normalized spacial score (nSPS) is 11.4. The Kier molecular flexibility index (Phi) is 6.64. The number of carbonyl (C=O) groups is 3. The molecule has 0 spiro atoms. The first-order chi connectivity index (χ1) is 14.4. The van der Waals surface area contributed by atoms with Crippen molar-refractivity contribution in [1.82, 2.24) is 5.32 Å². The highest BCUT2D eigenvalue weighted by atomic mass is 16.5. The Balaban J connectivity index is 1.56. The molecule has 1 N–H and O–H groups in total. The van der Waals surface area contributed by atoms with Crippen molar-refractivity contribution >= 4 is 17.8 Å². The predicted octanol–water partition coefficient (Wildman–Crippen LogP) is 3.73. The zero-order valence-electron chi connectivity index (χ0n) is 16.6. The van der Waals surface area contributed by atoms with Crippen LogP contribution in [0.4, 0.5) is 0 Å². The van der Waals surface area contributed by atoms with Crippen molar-refractivity contribution in [2.75, 3.05) is 0 Å². The molecule has 1 amide bonds. The van der Waals surface area contributed by atoms with Gasteiger partial charge in [-0.2, -0.15) is 0 Å². The number of carbonyl (C=O) groups excluding carboxylic acids is 3. The van der Waals surface area contributed by atoms with Crippen LogP contribution in [0.2, 0.25) is 0 Å². The second-order valence-electron chi connectivity index (χ2n) is 6.54. The van der Waals surface area contributed by atoms with Gasteiger partial charge >= 0.3 is 11.9 Å². The molecule has 1 aromatic heterocycles. The number of hydrogen-bond acceptors (Lipinski definition) is 6. The van der Waals surface area contributed by atoms with Gasteiger partial charge in [0.15, 0.2) is 6.10 Å². The van der Waals surface area contributed by atoms with E-state index in [1.54, 1.807) is 48.5 Å². The van der Waals surface area contributed by atoms with E-state index in [2.05, 4.69) is 5.32 Å². The SMILES string of the molecule is CC(=O)Oc1ccc(-c2ccc(C(=O)O[C@@H](C)C(=O)NCc3ccco3)cc2)cc1. The molecule has 0 aliphatic rings. The number of furan rings is 1. The van der Waals surface area contributed by atoms with E-state index in [0.29, 0.717) is 17.1 Å². The molecular weight excluding hydrogens is 386 g/mol. The van der Waals surface area contributed by atoms with Gasteiger partial charge in [-0.25, -0.2) is 4.79 Å². The van der Waals surface area contributed by atoms with Crippen molar-refractivity contribution in [1.29, 1.82) is 0 Å². The number of hydrogen-bond donors (Lipinski definition) is 1. The van der Waals surface area contributed by atoms with Crippen molar-refractivity contribution in [2.24, 2.45) is 0 Å². The molecule has 0 saturated heterocycles. The summed E-state index contributed by atoms with van der Waals surface area (Å²) in [6.45, 7) is 3.07.